The van der Waals surface area contributed by atoms with Crippen molar-refractivity contribution in [3.8, 4) is 0 Å². The molecule has 0 fully saturated rings. The van der Waals surface area contributed by atoms with Gasteiger partial charge in [0, 0.05) is 18.2 Å². The summed E-state index contributed by atoms with van der Waals surface area (Å²) in [5, 5.41) is 0. The third-order valence-electron chi connectivity index (χ3n) is 3.27. The van der Waals surface area contributed by atoms with Crippen LogP contribution in [0.25, 0.3) is 0 Å². The van der Waals surface area contributed by atoms with Crippen molar-refractivity contribution in [3.63, 3.8) is 0 Å². The number of rotatable bonds is 4. The van der Waals surface area contributed by atoms with Gasteiger partial charge in [-0.2, -0.15) is 0 Å². The van der Waals surface area contributed by atoms with E-state index in [1.165, 1.54) is 6.07 Å². The third-order valence-corrected chi connectivity index (χ3v) is 3.27. The standard InChI is InChI=1S/C16H18N2O3/c1-3-7-14(19)18-12(2)10-15(20)17(16(18)21)11-13-8-5-4-6-9-13/h4-6,8-10H,3,7,11H2,1-2H3. The Morgan fingerprint density at radius 2 is 1.81 bits per heavy atom. The van der Waals surface area contributed by atoms with Crippen molar-refractivity contribution < 1.29 is 4.79 Å². The van der Waals surface area contributed by atoms with E-state index < -0.39 is 5.69 Å². The fourth-order valence-electron chi connectivity index (χ4n) is 2.23. The third kappa shape index (κ3) is 3.18. The Kier molecular flexibility index (Phi) is 4.52. The molecular formula is C16H18N2O3. The maximum Gasteiger partial charge on any atom is 0.338 e. The van der Waals surface area contributed by atoms with E-state index in [1.54, 1.807) is 6.92 Å². The van der Waals surface area contributed by atoms with Crippen LogP contribution < -0.4 is 11.2 Å². The van der Waals surface area contributed by atoms with E-state index >= 15 is 0 Å². The highest BCUT2D eigenvalue weighted by Gasteiger charge is 2.14. The van der Waals surface area contributed by atoms with Crippen molar-refractivity contribution in [2.75, 3.05) is 0 Å². The lowest BCUT2D eigenvalue weighted by Crippen LogP contribution is -2.43. The minimum Gasteiger partial charge on any atom is -0.274 e. The molecule has 0 atom stereocenters. The first kappa shape index (κ1) is 15.0. The summed E-state index contributed by atoms with van der Waals surface area (Å²) in [6.07, 6.45) is 0.937. The van der Waals surface area contributed by atoms with Crippen LogP contribution in [0.3, 0.4) is 0 Å². The predicted octanol–water partition coefficient (Wildman–Crippen LogP) is 1.81. The van der Waals surface area contributed by atoms with E-state index in [0.29, 0.717) is 12.1 Å². The Morgan fingerprint density at radius 1 is 1.14 bits per heavy atom. The SMILES string of the molecule is CCCC(=O)n1c(C)cc(=O)n(Cc2ccccc2)c1=O. The molecule has 0 amide bonds. The molecule has 0 saturated carbocycles. The van der Waals surface area contributed by atoms with Gasteiger partial charge in [-0.15, -0.1) is 0 Å². The normalized spacial score (nSPS) is 10.6. The number of hydrogen-bond donors (Lipinski definition) is 0. The van der Waals surface area contributed by atoms with Crippen molar-refractivity contribution in [1.82, 2.24) is 9.13 Å². The summed E-state index contributed by atoms with van der Waals surface area (Å²) in [5.74, 6) is -0.276. The first-order valence-electron chi connectivity index (χ1n) is 6.95. The Morgan fingerprint density at radius 3 is 2.43 bits per heavy atom. The Balaban J connectivity index is 2.52. The second kappa shape index (κ2) is 6.35. The quantitative estimate of drug-likeness (QED) is 0.861. The van der Waals surface area contributed by atoms with E-state index in [9.17, 15) is 14.4 Å². The molecule has 110 valence electrons. The first-order chi connectivity index (χ1) is 10.0. The van der Waals surface area contributed by atoms with E-state index in [-0.39, 0.29) is 24.4 Å². The van der Waals surface area contributed by atoms with Crippen LogP contribution in [0.2, 0.25) is 0 Å². The van der Waals surface area contributed by atoms with E-state index in [1.807, 2.05) is 37.3 Å². The number of hydrogen-bond acceptors (Lipinski definition) is 3. The number of benzene rings is 1. The Bertz CT molecular complexity index is 757. The lowest BCUT2D eigenvalue weighted by Gasteiger charge is -2.11. The summed E-state index contributed by atoms with van der Waals surface area (Å²) < 4.78 is 2.18. The maximum atomic E-state index is 12.4. The smallest absolute Gasteiger partial charge is 0.274 e. The van der Waals surface area contributed by atoms with Gasteiger partial charge in [-0.25, -0.2) is 9.36 Å². The lowest BCUT2D eigenvalue weighted by atomic mass is 10.2. The molecule has 0 bridgehead atoms. The number of aromatic nitrogens is 2. The summed E-state index contributed by atoms with van der Waals surface area (Å²) in [5.41, 5.74) is 0.270. The first-order valence-corrected chi connectivity index (χ1v) is 6.95. The lowest BCUT2D eigenvalue weighted by molar-refractivity contribution is 0.0891. The summed E-state index contributed by atoms with van der Waals surface area (Å²) in [6, 6.07) is 10.6. The van der Waals surface area contributed by atoms with Gasteiger partial charge >= 0.3 is 5.69 Å². The van der Waals surface area contributed by atoms with Gasteiger partial charge in [0.1, 0.15) is 0 Å². The van der Waals surface area contributed by atoms with E-state index in [0.717, 1.165) is 14.7 Å². The average Bonchev–Trinajstić information content (AvgIpc) is 2.44. The van der Waals surface area contributed by atoms with Gasteiger partial charge in [0.2, 0.25) is 5.91 Å². The molecule has 0 aliphatic heterocycles. The van der Waals surface area contributed by atoms with Crippen LogP contribution in [0.5, 0.6) is 0 Å². The molecule has 5 nitrogen and oxygen atoms in total. The zero-order valence-electron chi connectivity index (χ0n) is 12.2. The van der Waals surface area contributed by atoms with Crippen molar-refractivity contribution in [1.29, 1.82) is 0 Å². The van der Waals surface area contributed by atoms with Crippen LogP contribution in [0.15, 0.2) is 46.0 Å². The molecular weight excluding hydrogens is 268 g/mol. The van der Waals surface area contributed by atoms with Gasteiger partial charge in [0.25, 0.3) is 5.56 Å². The van der Waals surface area contributed by atoms with E-state index in [4.69, 9.17) is 0 Å². The molecule has 2 rings (SSSR count). The molecule has 21 heavy (non-hydrogen) atoms. The number of nitrogens with zero attached hydrogens (tertiary/aromatic N) is 2. The van der Waals surface area contributed by atoms with Gasteiger partial charge in [-0.05, 0) is 18.9 Å². The molecule has 5 heteroatoms. The average molecular weight is 286 g/mol. The zero-order chi connectivity index (χ0) is 15.4. The molecule has 0 N–H and O–H groups in total. The highest BCUT2D eigenvalue weighted by Crippen LogP contribution is 2.01. The van der Waals surface area contributed by atoms with Crippen LogP contribution in [-0.2, 0) is 6.54 Å². The van der Waals surface area contributed by atoms with Crippen LogP contribution in [-0.4, -0.2) is 15.0 Å². The second-order valence-electron chi connectivity index (χ2n) is 4.96. The summed E-state index contributed by atoms with van der Waals surface area (Å²) >= 11 is 0. The molecule has 0 radical (unpaired) electrons. The van der Waals surface area contributed by atoms with Gasteiger partial charge < -0.3 is 0 Å². The highest BCUT2D eigenvalue weighted by atomic mass is 16.2. The molecule has 2 aromatic rings. The zero-order valence-corrected chi connectivity index (χ0v) is 12.2. The number of aryl methyl sites for hydroxylation is 1. The van der Waals surface area contributed by atoms with Crippen molar-refractivity contribution in [2.24, 2.45) is 0 Å². The van der Waals surface area contributed by atoms with Crippen molar-refractivity contribution in [3.05, 3.63) is 68.5 Å². The largest absolute Gasteiger partial charge is 0.338 e. The monoisotopic (exact) mass is 286 g/mol. The number of carbonyl (C=O) groups is 1. The fraction of sp³-hybridized carbons (Fsp3) is 0.312. The summed E-state index contributed by atoms with van der Waals surface area (Å²) in [6.45, 7) is 3.64. The Labute approximate surface area is 122 Å². The van der Waals surface area contributed by atoms with Crippen LogP contribution in [0.1, 0.15) is 35.8 Å². The summed E-state index contributed by atoms with van der Waals surface area (Å²) in [4.78, 5) is 36.5. The molecule has 0 spiro atoms. The molecule has 0 unspecified atom stereocenters. The Hall–Kier alpha value is -2.43. The summed E-state index contributed by atoms with van der Waals surface area (Å²) in [7, 11) is 0. The van der Waals surface area contributed by atoms with Gasteiger partial charge in [-0.1, -0.05) is 37.3 Å². The predicted molar refractivity (Wildman–Crippen MR) is 80.8 cm³/mol. The van der Waals surface area contributed by atoms with Gasteiger partial charge in [-0.3, -0.25) is 14.2 Å². The second-order valence-corrected chi connectivity index (χ2v) is 4.96. The fourth-order valence-corrected chi connectivity index (χ4v) is 2.23. The minimum absolute atomic E-state index is 0.165. The van der Waals surface area contributed by atoms with E-state index in [2.05, 4.69) is 0 Å². The molecule has 1 aromatic carbocycles. The molecule has 1 aromatic heterocycles. The van der Waals surface area contributed by atoms with Crippen LogP contribution in [0, 0.1) is 6.92 Å². The topological polar surface area (TPSA) is 61.1 Å². The molecule has 0 saturated heterocycles. The highest BCUT2D eigenvalue weighted by molar-refractivity contribution is 5.79. The van der Waals surface area contributed by atoms with Crippen LogP contribution in [0.4, 0.5) is 0 Å². The molecule has 1 heterocycles. The van der Waals surface area contributed by atoms with Crippen molar-refractivity contribution in [2.45, 2.75) is 33.2 Å². The molecule has 0 aliphatic rings. The van der Waals surface area contributed by atoms with Gasteiger partial charge in [0.15, 0.2) is 0 Å². The van der Waals surface area contributed by atoms with Crippen molar-refractivity contribution >= 4 is 5.91 Å². The minimum atomic E-state index is -0.567. The maximum absolute atomic E-state index is 12.4. The number of carbonyl (C=O) groups excluding carboxylic acids is 1. The van der Waals surface area contributed by atoms with Crippen LogP contribution >= 0.6 is 0 Å². The van der Waals surface area contributed by atoms with Gasteiger partial charge in [0.05, 0.1) is 6.54 Å². The molecule has 0 aliphatic carbocycles.